The van der Waals surface area contributed by atoms with Crippen molar-refractivity contribution in [3.05, 3.63) is 35.9 Å². The molecule has 0 amide bonds. The molecule has 0 radical (unpaired) electrons. The smallest absolute Gasteiger partial charge is 0.165 e. The van der Waals surface area contributed by atoms with E-state index >= 15 is 0 Å². The van der Waals surface area contributed by atoms with Crippen molar-refractivity contribution >= 4 is 5.78 Å². The zero-order valence-corrected chi connectivity index (χ0v) is 8.39. The SMILES string of the molecule is N#C[C@H]1CN(Cc2ccccc2)CC1=O. The van der Waals surface area contributed by atoms with Gasteiger partial charge in [0.2, 0.25) is 0 Å². The maximum atomic E-state index is 11.3. The van der Waals surface area contributed by atoms with Crippen molar-refractivity contribution in [3.8, 4) is 6.07 Å². The highest BCUT2D eigenvalue weighted by molar-refractivity contribution is 5.87. The van der Waals surface area contributed by atoms with Gasteiger partial charge in [-0.3, -0.25) is 9.69 Å². The Morgan fingerprint density at radius 3 is 2.73 bits per heavy atom. The number of ketones is 1. The van der Waals surface area contributed by atoms with Gasteiger partial charge in [-0.25, -0.2) is 0 Å². The molecule has 1 aromatic carbocycles. The van der Waals surface area contributed by atoms with E-state index in [1.807, 2.05) is 41.3 Å². The van der Waals surface area contributed by atoms with E-state index < -0.39 is 5.92 Å². The number of Topliss-reactive ketones (excluding diaryl/α,β-unsaturated/α-hetero) is 1. The fourth-order valence-electron chi connectivity index (χ4n) is 1.83. The second kappa shape index (κ2) is 4.24. The molecule has 2 rings (SSSR count). The molecule has 0 bridgehead atoms. The number of rotatable bonds is 2. The molecule has 1 aliphatic heterocycles. The van der Waals surface area contributed by atoms with E-state index in [9.17, 15) is 4.79 Å². The summed E-state index contributed by atoms with van der Waals surface area (Å²) in [4.78, 5) is 13.4. The molecule has 3 heteroatoms. The van der Waals surface area contributed by atoms with Gasteiger partial charge in [-0.15, -0.1) is 0 Å². The summed E-state index contributed by atoms with van der Waals surface area (Å²) >= 11 is 0. The van der Waals surface area contributed by atoms with Crippen LogP contribution in [0.25, 0.3) is 0 Å². The van der Waals surface area contributed by atoms with Crippen LogP contribution in [0.4, 0.5) is 0 Å². The minimum Gasteiger partial charge on any atom is -0.297 e. The van der Waals surface area contributed by atoms with E-state index in [1.165, 1.54) is 5.56 Å². The van der Waals surface area contributed by atoms with Gasteiger partial charge in [0, 0.05) is 13.1 Å². The van der Waals surface area contributed by atoms with Crippen LogP contribution in [0.15, 0.2) is 30.3 Å². The van der Waals surface area contributed by atoms with E-state index in [0.29, 0.717) is 13.1 Å². The standard InChI is InChI=1S/C12H12N2O/c13-6-11-8-14(9-12(11)15)7-10-4-2-1-3-5-10/h1-5,11H,7-9H2/t11-/m0/s1. The molecule has 1 aromatic rings. The zero-order chi connectivity index (χ0) is 10.7. The summed E-state index contributed by atoms with van der Waals surface area (Å²) in [6.07, 6.45) is 0. The maximum Gasteiger partial charge on any atom is 0.165 e. The summed E-state index contributed by atoms with van der Waals surface area (Å²) in [6, 6.07) is 12.0. The molecule has 0 aliphatic carbocycles. The fourth-order valence-corrected chi connectivity index (χ4v) is 1.83. The lowest BCUT2D eigenvalue weighted by Gasteiger charge is -2.13. The van der Waals surface area contributed by atoms with Crippen LogP contribution in [-0.4, -0.2) is 23.8 Å². The van der Waals surface area contributed by atoms with Crippen LogP contribution in [0.1, 0.15) is 5.56 Å². The van der Waals surface area contributed by atoms with E-state index in [-0.39, 0.29) is 5.78 Å². The molecule has 15 heavy (non-hydrogen) atoms. The molecular weight excluding hydrogens is 188 g/mol. The predicted molar refractivity (Wildman–Crippen MR) is 55.8 cm³/mol. The molecule has 0 N–H and O–H groups in total. The van der Waals surface area contributed by atoms with Crippen LogP contribution in [0, 0.1) is 17.2 Å². The quantitative estimate of drug-likeness (QED) is 0.720. The minimum atomic E-state index is -0.422. The summed E-state index contributed by atoms with van der Waals surface area (Å²) in [7, 11) is 0. The zero-order valence-electron chi connectivity index (χ0n) is 8.39. The summed E-state index contributed by atoms with van der Waals surface area (Å²) in [5.41, 5.74) is 1.18. The Bertz CT molecular complexity index is 394. The number of carbonyl (C=O) groups excluding carboxylic acids is 1. The minimum absolute atomic E-state index is 0.0495. The number of benzene rings is 1. The molecule has 1 atom stereocenters. The summed E-state index contributed by atoms with van der Waals surface area (Å²) in [5.74, 6) is -0.373. The van der Waals surface area contributed by atoms with Crippen molar-refractivity contribution in [2.45, 2.75) is 6.54 Å². The van der Waals surface area contributed by atoms with Crippen molar-refractivity contribution in [3.63, 3.8) is 0 Å². The molecular formula is C12H12N2O. The van der Waals surface area contributed by atoms with Crippen molar-refractivity contribution in [2.75, 3.05) is 13.1 Å². The number of nitriles is 1. The first-order valence-corrected chi connectivity index (χ1v) is 4.98. The Hall–Kier alpha value is -1.66. The lowest BCUT2D eigenvalue weighted by molar-refractivity contribution is -0.118. The van der Waals surface area contributed by atoms with Gasteiger partial charge in [0.15, 0.2) is 5.78 Å². The second-order valence-corrected chi connectivity index (χ2v) is 3.80. The number of hydrogen-bond donors (Lipinski definition) is 0. The number of carbonyl (C=O) groups is 1. The third-order valence-corrected chi connectivity index (χ3v) is 2.61. The third kappa shape index (κ3) is 2.23. The average molecular weight is 200 g/mol. The Morgan fingerprint density at radius 1 is 1.40 bits per heavy atom. The summed E-state index contributed by atoms with van der Waals surface area (Å²) < 4.78 is 0. The van der Waals surface area contributed by atoms with Gasteiger partial charge in [-0.1, -0.05) is 30.3 Å². The Balaban J connectivity index is 1.99. The van der Waals surface area contributed by atoms with Crippen LogP contribution in [0.3, 0.4) is 0 Å². The van der Waals surface area contributed by atoms with Crippen molar-refractivity contribution in [1.29, 1.82) is 5.26 Å². The van der Waals surface area contributed by atoms with Gasteiger partial charge in [0.1, 0.15) is 5.92 Å². The van der Waals surface area contributed by atoms with Gasteiger partial charge in [-0.2, -0.15) is 5.26 Å². The molecule has 0 aromatic heterocycles. The number of hydrogen-bond acceptors (Lipinski definition) is 3. The highest BCUT2D eigenvalue weighted by Crippen LogP contribution is 2.14. The van der Waals surface area contributed by atoms with Gasteiger partial charge in [0.05, 0.1) is 12.6 Å². The van der Waals surface area contributed by atoms with Crippen molar-refractivity contribution in [2.24, 2.45) is 5.92 Å². The second-order valence-electron chi connectivity index (χ2n) is 3.80. The summed E-state index contributed by atoms with van der Waals surface area (Å²) in [5, 5.41) is 8.72. The Labute approximate surface area is 88.9 Å². The van der Waals surface area contributed by atoms with E-state index in [4.69, 9.17) is 5.26 Å². The van der Waals surface area contributed by atoms with E-state index in [1.54, 1.807) is 0 Å². The molecule has 1 heterocycles. The highest BCUT2D eigenvalue weighted by Gasteiger charge is 2.30. The Kier molecular flexibility index (Phi) is 2.79. The summed E-state index contributed by atoms with van der Waals surface area (Å²) in [6.45, 7) is 1.74. The molecule has 1 saturated heterocycles. The van der Waals surface area contributed by atoms with Crippen molar-refractivity contribution < 1.29 is 4.79 Å². The first-order chi connectivity index (χ1) is 7.29. The molecule has 76 valence electrons. The van der Waals surface area contributed by atoms with Gasteiger partial charge < -0.3 is 0 Å². The Morgan fingerprint density at radius 2 is 2.13 bits per heavy atom. The molecule has 1 fully saturated rings. The predicted octanol–water partition coefficient (Wildman–Crippen LogP) is 1.21. The van der Waals surface area contributed by atoms with Crippen molar-refractivity contribution in [1.82, 2.24) is 4.90 Å². The van der Waals surface area contributed by atoms with Crippen LogP contribution in [0.5, 0.6) is 0 Å². The first kappa shape index (κ1) is 9.88. The average Bonchev–Trinajstić information content (AvgIpc) is 2.60. The number of nitrogens with zero attached hydrogens (tertiary/aromatic N) is 2. The van der Waals surface area contributed by atoms with Gasteiger partial charge >= 0.3 is 0 Å². The lowest BCUT2D eigenvalue weighted by Crippen LogP contribution is -2.20. The highest BCUT2D eigenvalue weighted by atomic mass is 16.1. The molecule has 3 nitrogen and oxygen atoms in total. The van der Waals surface area contributed by atoms with Crippen LogP contribution < -0.4 is 0 Å². The van der Waals surface area contributed by atoms with Gasteiger partial charge in [0.25, 0.3) is 0 Å². The van der Waals surface area contributed by atoms with Gasteiger partial charge in [-0.05, 0) is 5.56 Å². The van der Waals surface area contributed by atoms with Crippen LogP contribution in [0.2, 0.25) is 0 Å². The first-order valence-electron chi connectivity index (χ1n) is 4.98. The largest absolute Gasteiger partial charge is 0.297 e. The topological polar surface area (TPSA) is 44.1 Å². The third-order valence-electron chi connectivity index (χ3n) is 2.61. The fraction of sp³-hybridized carbons (Fsp3) is 0.333. The maximum absolute atomic E-state index is 11.3. The molecule has 1 aliphatic rings. The molecule has 0 saturated carbocycles. The van der Waals surface area contributed by atoms with Crippen LogP contribution >= 0.6 is 0 Å². The number of likely N-dealkylation sites (tertiary alicyclic amines) is 1. The molecule has 0 spiro atoms. The monoisotopic (exact) mass is 200 g/mol. The molecule has 0 unspecified atom stereocenters. The lowest BCUT2D eigenvalue weighted by atomic mass is 10.1. The van der Waals surface area contributed by atoms with Crippen LogP contribution in [-0.2, 0) is 11.3 Å². The van der Waals surface area contributed by atoms with E-state index in [0.717, 1.165) is 6.54 Å². The normalized spacial score (nSPS) is 21.5. The van der Waals surface area contributed by atoms with E-state index in [2.05, 4.69) is 0 Å².